The quantitative estimate of drug-likeness (QED) is 0.657. The van der Waals surface area contributed by atoms with Gasteiger partial charge in [-0.3, -0.25) is 0 Å². The number of halogens is 2. The van der Waals surface area contributed by atoms with Crippen LogP contribution in [-0.2, 0) is 0 Å². The van der Waals surface area contributed by atoms with Crippen molar-refractivity contribution in [2.45, 2.75) is 32.2 Å². The lowest BCUT2D eigenvalue weighted by molar-refractivity contribution is 0.501. The molecule has 1 atom stereocenters. The molecular weight excluding hydrogens is 342 g/mol. The second-order valence-corrected chi connectivity index (χ2v) is 5.81. The maximum absolute atomic E-state index is 3.80. The first-order valence-corrected chi connectivity index (χ1v) is 7.56. The molecule has 1 unspecified atom stereocenters. The highest BCUT2D eigenvalue weighted by molar-refractivity contribution is 9.11. The van der Waals surface area contributed by atoms with E-state index in [1.165, 1.54) is 5.56 Å². The Labute approximate surface area is 121 Å². The van der Waals surface area contributed by atoms with E-state index in [9.17, 15) is 0 Å². The molecule has 0 aliphatic rings. The molecule has 0 heterocycles. The van der Waals surface area contributed by atoms with Gasteiger partial charge in [-0.15, -0.1) is 6.58 Å². The van der Waals surface area contributed by atoms with E-state index in [0.29, 0.717) is 6.04 Å². The fraction of sp³-hybridized carbons (Fsp3) is 0.429. The van der Waals surface area contributed by atoms with Gasteiger partial charge in [-0.25, -0.2) is 0 Å². The minimum absolute atomic E-state index is 0.399. The van der Waals surface area contributed by atoms with Gasteiger partial charge in [0.25, 0.3) is 0 Å². The highest BCUT2D eigenvalue weighted by Gasteiger charge is 2.13. The van der Waals surface area contributed by atoms with Crippen LogP contribution in [0.3, 0.4) is 0 Å². The molecular formula is C14H19Br2N. The molecule has 0 saturated carbocycles. The first kappa shape index (κ1) is 14.9. The fourth-order valence-electron chi connectivity index (χ4n) is 1.75. The molecule has 0 bridgehead atoms. The van der Waals surface area contributed by atoms with Crippen LogP contribution in [0.4, 0.5) is 0 Å². The minimum atomic E-state index is 0.399. The van der Waals surface area contributed by atoms with Gasteiger partial charge in [-0.1, -0.05) is 50.9 Å². The van der Waals surface area contributed by atoms with E-state index in [4.69, 9.17) is 0 Å². The van der Waals surface area contributed by atoms with Crippen molar-refractivity contribution >= 4 is 31.9 Å². The SMILES string of the molecule is C=CCCC(NCCC)c1ccc(Br)cc1Br. The summed E-state index contributed by atoms with van der Waals surface area (Å²) in [5, 5.41) is 3.59. The Balaban J connectivity index is 2.82. The van der Waals surface area contributed by atoms with Gasteiger partial charge < -0.3 is 5.32 Å². The molecule has 0 fully saturated rings. The summed E-state index contributed by atoms with van der Waals surface area (Å²) in [6.45, 7) is 7.03. The van der Waals surface area contributed by atoms with E-state index in [1.54, 1.807) is 0 Å². The van der Waals surface area contributed by atoms with E-state index in [1.807, 2.05) is 6.08 Å². The normalized spacial score (nSPS) is 12.4. The van der Waals surface area contributed by atoms with Crippen LogP contribution in [0.25, 0.3) is 0 Å². The molecule has 94 valence electrons. The van der Waals surface area contributed by atoms with Gasteiger partial charge in [0, 0.05) is 15.0 Å². The lowest BCUT2D eigenvalue weighted by atomic mass is 10.0. The highest BCUT2D eigenvalue weighted by Crippen LogP contribution is 2.29. The van der Waals surface area contributed by atoms with Crippen LogP contribution in [0.2, 0.25) is 0 Å². The van der Waals surface area contributed by atoms with Crippen molar-refractivity contribution in [1.82, 2.24) is 5.32 Å². The van der Waals surface area contributed by atoms with Crippen molar-refractivity contribution in [2.24, 2.45) is 0 Å². The smallest absolute Gasteiger partial charge is 0.0334 e. The molecule has 0 aliphatic heterocycles. The molecule has 1 N–H and O–H groups in total. The summed E-state index contributed by atoms with van der Waals surface area (Å²) in [5.74, 6) is 0. The summed E-state index contributed by atoms with van der Waals surface area (Å²) in [6.07, 6.45) is 5.25. The average molecular weight is 361 g/mol. The lowest BCUT2D eigenvalue weighted by Gasteiger charge is -2.20. The molecule has 1 nitrogen and oxygen atoms in total. The second kappa shape index (κ2) is 8.06. The Bertz CT molecular complexity index is 363. The van der Waals surface area contributed by atoms with Crippen LogP contribution >= 0.6 is 31.9 Å². The minimum Gasteiger partial charge on any atom is -0.310 e. The number of nitrogens with one attached hydrogen (secondary N) is 1. The number of hydrogen-bond donors (Lipinski definition) is 1. The van der Waals surface area contributed by atoms with Crippen molar-refractivity contribution in [3.05, 3.63) is 45.4 Å². The second-order valence-electron chi connectivity index (χ2n) is 4.04. The molecule has 0 radical (unpaired) electrons. The third-order valence-corrected chi connectivity index (χ3v) is 3.82. The third kappa shape index (κ3) is 4.94. The molecule has 0 amide bonds. The fourth-order valence-corrected chi connectivity index (χ4v) is 3.08. The van der Waals surface area contributed by atoms with Crippen molar-refractivity contribution < 1.29 is 0 Å². The van der Waals surface area contributed by atoms with Crippen molar-refractivity contribution in [1.29, 1.82) is 0 Å². The summed E-state index contributed by atoms with van der Waals surface area (Å²) in [7, 11) is 0. The highest BCUT2D eigenvalue weighted by atomic mass is 79.9. The van der Waals surface area contributed by atoms with Gasteiger partial charge in [0.05, 0.1) is 0 Å². The summed E-state index contributed by atoms with van der Waals surface area (Å²) in [5.41, 5.74) is 1.32. The van der Waals surface area contributed by atoms with E-state index in [0.717, 1.165) is 34.8 Å². The van der Waals surface area contributed by atoms with Crippen molar-refractivity contribution in [2.75, 3.05) is 6.54 Å². The van der Waals surface area contributed by atoms with Gasteiger partial charge in [0.15, 0.2) is 0 Å². The molecule has 0 spiro atoms. The van der Waals surface area contributed by atoms with Crippen molar-refractivity contribution in [3.63, 3.8) is 0 Å². The number of benzene rings is 1. The summed E-state index contributed by atoms with van der Waals surface area (Å²) in [4.78, 5) is 0. The maximum Gasteiger partial charge on any atom is 0.0334 e. The molecule has 1 aromatic carbocycles. The largest absolute Gasteiger partial charge is 0.310 e. The number of rotatable bonds is 7. The van der Waals surface area contributed by atoms with Crippen LogP contribution in [-0.4, -0.2) is 6.54 Å². The lowest BCUT2D eigenvalue weighted by Crippen LogP contribution is -2.22. The molecule has 1 aromatic rings. The summed E-state index contributed by atoms with van der Waals surface area (Å²) in [6, 6.07) is 6.76. The van der Waals surface area contributed by atoms with E-state index in [-0.39, 0.29) is 0 Å². The van der Waals surface area contributed by atoms with Gasteiger partial charge in [0.1, 0.15) is 0 Å². The molecule has 0 saturated heterocycles. The van der Waals surface area contributed by atoms with Crippen LogP contribution in [0.1, 0.15) is 37.8 Å². The summed E-state index contributed by atoms with van der Waals surface area (Å²) < 4.78 is 2.26. The van der Waals surface area contributed by atoms with E-state index < -0.39 is 0 Å². The predicted molar refractivity (Wildman–Crippen MR) is 82.3 cm³/mol. The number of hydrogen-bond acceptors (Lipinski definition) is 1. The number of allylic oxidation sites excluding steroid dienone is 1. The Hall–Kier alpha value is -0.120. The van der Waals surface area contributed by atoms with E-state index >= 15 is 0 Å². The zero-order valence-corrected chi connectivity index (χ0v) is 13.4. The first-order chi connectivity index (χ1) is 8.19. The zero-order valence-electron chi connectivity index (χ0n) is 10.2. The van der Waals surface area contributed by atoms with Crippen LogP contribution in [0, 0.1) is 0 Å². The maximum atomic E-state index is 3.80. The van der Waals surface area contributed by atoms with E-state index in [2.05, 4.69) is 68.9 Å². The van der Waals surface area contributed by atoms with Crippen LogP contribution in [0.15, 0.2) is 39.8 Å². The monoisotopic (exact) mass is 359 g/mol. The molecule has 17 heavy (non-hydrogen) atoms. The Morgan fingerprint density at radius 3 is 2.76 bits per heavy atom. The topological polar surface area (TPSA) is 12.0 Å². The van der Waals surface area contributed by atoms with Gasteiger partial charge >= 0.3 is 0 Å². The van der Waals surface area contributed by atoms with Gasteiger partial charge in [0.2, 0.25) is 0 Å². The van der Waals surface area contributed by atoms with Crippen molar-refractivity contribution in [3.8, 4) is 0 Å². The van der Waals surface area contributed by atoms with Gasteiger partial charge in [-0.2, -0.15) is 0 Å². The standard InChI is InChI=1S/C14H19Br2N/c1-3-5-6-14(17-9-4-2)12-8-7-11(15)10-13(12)16/h3,7-8,10,14,17H,1,4-6,9H2,2H3. The Morgan fingerprint density at radius 2 is 2.18 bits per heavy atom. The molecule has 0 aliphatic carbocycles. The van der Waals surface area contributed by atoms with Crippen LogP contribution in [0.5, 0.6) is 0 Å². The molecule has 3 heteroatoms. The summed E-state index contributed by atoms with van der Waals surface area (Å²) >= 11 is 7.12. The predicted octanol–water partition coefficient (Wildman–Crippen LogP) is 5.22. The molecule has 1 rings (SSSR count). The molecule has 0 aromatic heterocycles. The first-order valence-electron chi connectivity index (χ1n) is 5.98. The third-order valence-electron chi connectivity index (χ3n) is 2.64. The Morgan fingerprint density at radius 1 is 1.41 bits per heavy atom. The zero-order chi connectivity index (χ0) is 12.7. The Kier molecular flexibility index (Phi) is 7.09. The average Bonchev–Trinajstić information content (AvgIpc) is 2.30. The van der Waals surface area contributed by atoms with Gasteiger partial charge in [-0.05, 0) is 43.5 Å². The van der Waals surface area contributed by atoms with Crippen LogP contribution < -0.4 is 5.32 Å².